The third-order valence-electron chi connectivity index (χ3n) is 7.16. The Morgan fingerprint density at radius 2 is 1.84 bits per heavy atom. The molecule has 0 N–H and O–H groups in total. The van der Waals surface area contributed by atoms with E-state index >= 15 is 0 Å². The number of piperidine rings is 2. The molecule has 0 bridgehead atoms. The Morgan fingerprint density at radius 1 is 1.00 bits per heavy atom. The molecule has 0 unspecified atom stereocenters. The van der Waals surface area contributed by atoms with Gasteiger partial charge in [0.05, 0.1) is 0 Å². The normalized spacial score (nSPS) is 26.0. The van der Waals surface area contributed by atoms with Crippen molar-refractivity contribution >= 4 is 23.4 Å². The lowest BCUT2D eigenvalue weighted by atomic mass is 9.83. The quantitative estimate of drug-likeness (QED) is 0.671. The van der Waals surface area contributed by atoms with Gasteiger partial charge in [0.2, 0.25) is 18.6 Å². The van der Waals surface area contributed by atoms with E-state index in [1.54, 1.807) is 0 Å². The molecule has 7 nitrogen and oxygen atoms in total. The average molecular weight is 448 g/mol. The van der Waals surface area contributed by atoms with Crippen molar-refractivity contribution in [3.8, 4) is 11.5 Å². The number of benzene rings is 1. The summed E-state index contributed by atoms with van der Waals surface area (Å²) in [4.78, 5) is 31.0. The minimum Gasteiger partial charge on any atom is -0.454 e. The van der Waals surface area contributed by atoms with Crippen molar-refractivity contribution in [2.24, 2.45) is 5.92 Å². The Morgan fingerprint density at radius 3 is 2.65 bits per heavy atom. The van der Waals surface area contributed by atoms with Crippen LogP contribution in [0.3, 0.4) is 0 Å². The van der Waals surface area contributed by atoms with E-state index in [1.807, 2.05) is 17.0 Å². The second kappa shape index (κ2) is 8.87. The molecule has 0 spiro atoms. The minimum absolute atomic E-state index is 0.248. The lowest BCUT2D eigenvalue weighted by Gasteiger charge is -2.47. The van der Waals surface area contributed by atoms with Crippen LogP contribution in [0, 0.1) is 5.92 Å². The summed E-state index contributed by atoms with van der Waals surface area (Å²) >= 11 is 6.49. The fraction of sp³-hybridized carbons (Fsp3) is 0.652. The molecule has 1 aromatic rings. The molecule has 0 aliphatic carbocycles. The first-order valence-corrected chi connectivity index (χ1v) is 11.8. The number of ether oxygens (including phenoxy) is 2. The Hall–Kier alpha value is -1.99. The first kappa shape index (κ1) is 20.9. The maximum atomic E-state index is 12.7. The highest BCUT2D eigenvalue weighted by Crippen LogP contribution is 2.38. The molecule has 5 rings (SSSR count). The van der Waals surface area contributed by atoms with Crippen molar-refractivity contribution in [3.05, 3.63) is 22.7 Å². The molecule has 31 heavy (non-hydrogen) atoms. The second-order valence-corrected chi connectivity index (χ2v) is 9.52. The molecule has 4 aliphatic rings. The summed E-state index contributed by atoms with van der Waals surface area (Å²) in [5.41, 5.74) is 1.06. The van der Waals surface area contributed by atoms with Crippen LogP contribution >= 0.6 is 11.6 Å². The first-order valence-electron chi connectivity index (χ1n) is 11.5. The van der Waals surface area contributed by atoms with Crippen LogP contribution in [0.1, 0.15) is 44.1 Å². The van der Waals surface area contributed by atoms with E-state index in [0.29, 0.717) is 35.6 Å². The zero-order valence-corrected chi connectivity index (χ0v) is 18.6. The molecule has 2 amide bonds. The molecule has 8 heteroatoms. The summed E-state index contributed by atoms with van der Waals surface area (Å²) in [7, 11) is 0. The van der Waals surface area contributed by atoms with E-state index in [2.05, 4.69) is 9.80 Å². The number of carbonyl (C=O) groups is 2. The topological polar surface area (TPSA) is 62.3 Å². The van der Waals surface area contributed by atoms with Gasteiger partial charge in [-0.05, 0) is 43.2 Å². The Labute approximate surface area is 188 Å². The molecule has 0 radical (unpaired) electrons. The van der Waals surface area contributed by atoms with Crippen LogP contribution in [0.5, 0.6) is 11.5 Å². The van der Waals surface area contributed by atoms with E-state index in [9.17, 15) is 9.59 Å². The zero-order valence-electron chi connectivity index (χ0n) is 17.9. The summed E-state index contributed by atoms with van der Waals surface area (Å²) in [6, 6.07) is 4.16. The van der Waals surface area contributed by atoms with Crippen LogP contribution in [0.15, 0.2) is 12.1 Å². The van der Waals surface area contributed by atoms with Gasteiger partial charge in [-0.1, -0.05) is 11.6 Å². The monoisotopic (exact) mass is 447 g/mol. The van der Waals surface area contributed by atoms with Crippen LogP contribution in [-0.4, -0.2) is 72.1 Å². The van der Waals surface area contributed by atoms with E-state index in [4.69, 9.17) is 21.1 Å². The van der Waals surface area contributed by atoms with E-state index in [1.165, 1.54) is 0 Å². The SMILES string of the molecule is O=C1CCCN1CCCN1C(=O)CC[C@@H]2CN(Cc3cc4c(cc3Cl)OCO4)CC[C@@H]21. The molecule has 1 aromatic carbocycles. The van der Waals surface area contributed by atoms with E-state index in [-0.39, 0.29) is 18.6 Å². The third-order valence-corrected chi connectivity index (χ3v) is 7.51. The molecule has 0 aromatic heterocycles. The molecule has 4 aliphatic heterocycles. The summed E-state index contributed by atoms with van der Waals surface area (Å²) in [6.07, 6.45) is 5.09. The molecule has 4 heterocycles. The zero-order chi connectivity index (χ0) is 21.4. The summed E-state index contributed by atoms with van der Waals surface area (Å²) in [6.45, 7) is 5.36. The Bertz CT molecular complexity index is 863. The number of fused-ring (bicyclic) bond motifs is 2. The summed E-state index contributed by atoms with van der Waals surface area (Å²) in [5, 5.41) is 0.711. The van der Waals surface area contributed by atoms with Crippen LogP contribution in [0.2, 0.25) is 5.02 Å². The summed E-state index contributed by atoms with van der Waals surface area (Å²) < 4.78 is 10.9. The number of likely N-dealkylation sites (tertiary alicyclic amines) is 3. The maximum absolute atomic E-state index is 12.7. The van der Waals surface area contributed by atoms with Crippen LogP contribution in [-0.2, 0) is 16.1 Å². The molecule has 168 valence electrons. The molecule has 0 saturated carbocycles. The van der Waals surface area contributed by atoms with Gasteiger partial charge in [-0.25, -0.2) is 0 Å². The Balaban J connectivity index is 1.18. The fourth-order valence-electron chi connectivity index (χ4n) is 5.55. The van der Waals surface area contributed by atoms with Gasteiger partial charge in [-0.2, -0.15) is 0 Å². The smallest absolute Gasteiger partial charge is 0.231 e. The standard InChI is InChI=1S/C23H30ClN3O4/c24-18-12-21-20(30-15-31-21)11-17(18)14-25-10-6-19-16(13-25)4-5-23(29)27(19)9-2-8-26-7-1-3-22(26)28/h11-12,16,19H,1-10,13-15H2/t16-,19+/m1/s1. The number of carbonyl (C=O) groups excluding carboxylic acids is 2. The summed E-state index contributed by atoms with van der Waals surface area (Å²) in [5.74, 6) is 2.51. The maximum Gasteiger partial charge on any atom is 0.231 e. The highest BCUT2D eigenvalue weighted by molar-refractivity contribution is 6.31. The van der Waals surface area contributed by atoms with E-state index < -0.39 is 0 Å². The average Bonchev–Trinajstić information content (AvgIpc) is 3.38. The number of halogens is 1. The highest BCUT2D eigenvalue weighted by atomic mass is 35.5. The third kappa shape index (κ3) is 4.35. The molecular weight excluding hydrogens is 418 g/mol. The van der Waals surface area contributed by atoms with Crippen molar-refractivity contribution in [2.75, 3.05) is 39.5 Å². The van der Waals surface area contributed by atoms with Gasteiger partial charge in [-0.15, -0.1) is 0 Å². The molecule has 3 saturated heterocycles. The molecular formula is C23H30ClN3O4. The second-order valence-electron chi connectivity index (χ2n) is 9.11. The van der Waals surface area contributed by atoms with Gasteiger partial charge in [-0.3, -0.25) is 14.5 Å². The minimum atomic E-state index is 0.248. The largest absolute Gasteiger partial charge is 0.454 e. The van der Waals surface area contributed by atoms with Gasteiger partial charge in [0, 0.05) is 69.2 Å². The predicted octanol–water partition coefficient (Wildman–Crippen LogP) is 2.89. The van der Waals surface area contributed by atoms with Crippen molar-refractivity contribution < 1.29 is 19.1 Å². The van der Waals surface area contributed by atoms with Crippen molar-refractivity contribution in [2.45, 2.75) is 51.1 Å². The van der Waals surface area contributed by atoms with Gasteiger partial charge in [0.1, 0.15) is 0 Å². The van der Waals surface area contributed by atoms with Crippen LogP contribution < -0.4 is 9.47 Å². The fourth-order valence-corrected chi connectivity index (χ4v) is 5.77. The molecule has 2 atom stereocenters. The van der Waals surface area contributed by atoms with Gasteiger partial charge in [0.25, 0.3) is 0 Å². The number of amides is 2. The number of hydrogen-bond donors (Lipinski definition) is 0. The number of hydrogen-bond acceptors (Lipinski definition) is 5. The van der Waals surface area contributed by atoms with E-state index in [0.717, 1.165) is 76.3 Å². The lowest BCUT2D eigenvalue weighted by Crippen LogP contribution is -2.56. The number of rotatable bonds is 6. The highest BCUT2D eigenvalue weighted by Gasteiger charge is 2.39. The molecule has 3 fully saturated rings. The van der Waals surface area contributed by atoms with Crippen molar-refractivity contribution in [1.82, 2.24) is 14.7 Å². The van der Waals surface area contributed by atoms with Crippen LogP contribution in [0.25, 0.3) is 0 Å². The van der Waals surface area contributed by atoms with Crippen LogP contribution in [0.4, 0.5) is 0 Å². The Kier molecular flexibility index (Phi) is 5.97. The van der Waals surface area contributed by atoms with Crippen molar-refractivity contribution in [3.63, 3.8) is 0 Å². The van der Waals surface area contributed by atoms with Gasteiger partial charge >= 0.3 is 0 Å². The predicted molar refractivity (Wildman–Crippen MR) is 116 cm³/mol. The van der Waals surface area contributed by atoms with Crippen molar-refractivity contribution in [1.29, 1.82) is 0 Å². The number of nitrogens with zero attached hydrogens (tertiary/aromatic N) is 3. The van der Waals surface area contributed by atoms with Gasteiger partial charge in [0.15, 0.2) is 11.5 Å². The first-order chi connectivity index (χ1) is 15.1. The lowest BCUT2D eigenvalue weighted by molar-refractivity contribution is -0.141. The van der Waals surface area contributed by atoms with Gasteiger partial charge < -0.3 is 19.3 Å².